The topological polar surface area (TPSA) is 86.8 Å². The minimum absolute atomic E-state index is 0.00105. The Balaban J connectivity index is 1.83. The van der Waals surface area contributed by atoms with Crippen molar-refractivity contribution in [3.63, 3.8) is 0 Å². The molecule has 0 spiro atoms. The van der Waals surface area contributed by atoms with E-state index in [0.29, 0.717) is 51.9 Å². The number of rotatable bonds is 3. The van der Waals surface area contributed by atoms with Gasteiger partial charge in [0.15, 0.2) is 0 Å². The molecule has 126 valence electrons. The third-order valence-corrected chi connectivity index (χ3v) is 6.00. The lowest BCUT2D eigenvalue weighted by molar-refractivity contribution is -0.140. The van der Waals surface area contributed by atoms with Crippen LogP contribution in [0.3, 0.4) is 0 Å². The standard InChI is InChI=1S/C14H25N3O4S/c1-15-13(18)11-3-7-16(8-4-11)14(19)12-5-9-17(10-6-12)22(2,20)21/h11-12H,3-10H2,1-2H3,(H,15,18). The summed E-state index contributed by atoms with van der Waals surface area (Å²) in [5.74, 6) is 0.0766. The number of hydrogen-bond donors (Lipinski definition) is 1. The molecule has 2 amide bonds. The van der Waals surface area contributed by atoms with Gasteiger partial charge in [0.2, 0.25) is 21.8 Å². The highest BCUT2D eigenvalue weighted by molar-refractivity contribution is 7.88. The van der Waals surface area contributed by atoms with Gasteiger partial charge in [-0.05, 0) is 25.7 Å². The van der Waals surface area contributed by atoms with Crippen LogP contribution >= 0.6 is 0 Å². The van der Waals surface area contributed by atoms with Crippen molar-refractivity contribution in [2.75, 3.05) is 39.5 Å². The van der Waals surface area contributed by atoms with Crippen molar-refractivity contribution < 1.29 is 18.0 Å². The van der Waals surface area contributed by atoms with Crippen molar-refractivity contribution in [3.05, 3.63) is 0 Å². The van der Waals surface area contributed by atoms with Gasteiger partial charge < -0.3 is 10.2 Å². The zero-order valence-electron chi connectivity index (χ0n) is 13.2. The molecule has 1 N–H and O–H groups in total. The lowest BCUT2D eigenvalue weighted by atomic mass is 9.92. The molecule has 0 unspecified atom stereocenters. The molecule has 0 aromatic carbocycles. The summed E-state index contributed by atoms with van der Waals surface area (Å²) in [5, 5.41) is 2.66. The monoisotopic (exact) mass is 331 g/mol. The number of amides is 2. The van der Waals surface area contributed by atoms with Crippen molar-refractivity contribution in [3.8, 4) is 0 Å². The average molecular weight is 331 g/mol. The summed E-state index contributed by atoms with van der Waals surface area (Å²) < 4.78 is 24.4. The average Bonchev–Trinajstić information content (AvgIpc) is 2.53. The molecule has 2 heterocycles. The first kappa shape index (κ1) is 17.2. The number of likely N-dealkylation sites (tertiary alicyclic amines) is 1. The Labute approximate surface area is 132 Å². The number of carbonyl (C=O) groups is 2. The van der Waals surface area contributed by atoms with Gasteiger partial charge in [0.1, 0.15) is 0 Å². The number of hydrogen-bond acceptors (Lipinski definition) is 4. The Morgan fingerprint density at radius 2 is 1.45 bits per heavy atom. The molecule has 0 atom stereocenters. The van der Waals surface area contributed by atoms with Gasteiger partial charge in [-0.2, -0.15) is 0 Å². The lowest BCUT2D eigenvalue weighted by Gasteiger charge is -2.36. The fraction of sp³-hybridized carbons (Fsp3) is 0.857. The summed E-state index contributed by atoms with van der Waals surface area (Å²) in [5.41, 5.74) is 0. The van der Waals surface area contributed by atoms with E-state index >= 15 is 0 Å². The smallest absolute Gasteiger partial charge is 0.225 e. The Kier molecular flexibility index (Phi) is 5.44. The number of carbonyl (C=O) groups excluding carboxylic acids is 2. The van der Waals surface area contributed by atoms with Crippen LogP contribution in [0.2, 0.25) is 0 Å². The fourth-order valence-electron chi connectivity index (χ4n) is 3.26. The molecule has 2 fully saturated rings. The highest BCUT2D eigenvalue weighted by atomic mass is 32.2. The molecule has 0 radical (unpaired) electrons. The van der Waals surface area contributed by atoms with Crippen LogP contribution in [-0.4, -0.2) is 68.9 Å². The van der Waals surface area contributed by atoms with Crippen LogP contribution in [-0.2, 0) is 19.6 Å². The highest BCUT2D eigenvalue weighted by Crippen LogP contribution is 2.24. The fourth-order valence-corrected chi connectivity index (χ4v) is 4.13. The van der Waals surface area contributed by atoms with Crippen LogP contribution in [0, 0.1) is 11.8 Å². The normalized spacial score (nSPS) is 22.5. The van der Waals surface area contributed by atoms with Gasteiger partial charge in [0.05, 0.1) is 6.26 Å². The van der Waals surface area contributed by atoms with Crippen LogP contribution in [0.25, 0.3) is 0 Å². The first-order chi connectivity index (χ1) is 10.3. The molecule has 0 saturated carbocycles. The summed E-state index contributed by atoms with van der Waals surface area (Å²) in [7, 11) is -1.52. The van der Waals surface area contributed by atoms with Crippen LogP contribution < -0.4 is 5.32 Å². The van der Waals surface area contributed by atoms with Crippen LogP contribution in [0.15, 0.2) is 0 Å². The largest absolute Gasteiger partial charge is 0.359 e. The first-order valence-corrected chi connectivity index (χ1v) is 9.63. The molecule has 2 saturated heterocycles. The van der Waals surface area contributed by atoms with E-state index in [1.165, 1.54) is 10.6 Å². The van der Waals surface area contributed by atoms with E-state index in [1.807, 2.05) is 4.90 Å². The maximum atomic E-state index is 12.5. The maximum Gasteiger partial charge on any atom is 0.225 e. The molecule has 2 rings (SSSR count). The van der Waals surface area contributed by atoms with Crippen molar-refractivity contribution in [1.29, 1.82) is 0 Å². The van der Waals surface area contributed by atoms with Crippen molar-refractivity contribution >= 4 is 21.8 Å². The Morgan fingerprint density at radius 3 is 1.91 bits per heavy atom. The van der Waals surface area contributed by atoms with Gasteiger partial charge in [-0.15, -0.1) is 0 Å². The van der Waals surface area contributed by atoms with E-state index in [2.05, 4.69) is 5.32 Å². The molecular weight excluding hydrogens is 306 g/mol. The second kappa shape index (κ2) is 6.95. The van der Waals surface area contributed by atoms with Crippen molar-refractivity contribution in [2.45, 2.75) is 25.7 Å². The SMILES string of the molecule is CNC(=O)C1CCN(C(=O)C2CCN(S(C)(=O)=O)CC2)CC1. The molecule has 0 aromatic heterocycles. The molecule has 7 nitrogen and oxygen atoms in total. The minimum atomic E-state index is -3.16. The number of nitrogens with zero attached hydrogens (tertiary/aromatic N) is 2. The number of nitrogens with one attached hydrogen (secondary N) is 1. The first-order valence-electron chi connectivity index (χ1n) is 7.78. The molecule has 2 aliphatic rings. The second-order valence-electron chi connectivity index (χ2n) is 6.15. The van der Waals surface area contributed by atoms with E-state index in [1.54, 1.807) is 7.05 Å². The van der Waals surface area contributed by atoms with Gasteiger partial charge >= 0.3 is 0 Å². The van der Waals surface area contributed by atoms with Crippen molar-refractivity contribution in [2.24, 2.45) is 11.8 Å². The molecule has 0 aromatic rings. The quantitative estimate of drug-likeness (QED) is 0.765. The van der Waals surface area contributed by atoms with Gasteiger partial charge in [0.25, 0.3) is 0 Å². The molecule has 22 heavy (non-hydrogen) atoms. The Hall–Kier alpha value is -1.15. The highest BCUT2D eigenvalue weighted by Gasteiger charge is 2.33. The van der Waals surface area contributed by atoms with Crippen LogP contribution in [0.1, 0.15) is 25.7 Å². The zero-order chi connectivity index (χ0) is 16.3. The minimum Gasteiger partial charge on any atom is -0.359 e. The Morgan fingerprint density at radius 1 is 0.955 bits per heavy atom. The second-order valence-corrected chi connectivity index (χ2v) is 8.13. The number of sulfonamides is 1. The van der Waals surface area contributed by atoms with E-state index in [0.717, 1.165) is 0 Å². The lowest BCUT2D eigenvalue weighted by Crippen LogP contribution is -2.47. The molecule has 0 aliphatic carbocycles. The van der Waals surface area contributed by atoms with Crippen LogP contribution in [0.5, 0.6) is 0 Å². The molecule has 8 heteroatoms. The summed E-state index contributed by atoms with van der Waals surface area (Å²) in [6, 6.07) is 0. The third kappa shape index (κ3) is 3.98. The zero-order valence-corrected chi connectivity index (χ0v) is 14.1. The molecule has 0 bridgehead atoms. The predicted molar refractivity (Wildman–Crippen MR) is 82.5 cm³/mol. The van der Waals surface area contributed by atoms with Gasteiger partial charge in [0, 0.05) is 45.1 Å². The Bertz CT molecular complexity index is 518. The summed E-state index contributed by atoms with van der Waals surface area (Å²) in [6.07, 6.45) is 3.78. The van der Waals surface area contributed by atoms with E-state index in [9.17, 15) is 18.0 Å². The summed E-state index contributed by atoms with van der Waals surface area (Å²) >= 11 is 0. The molecule has 2 aliphatic heterocycles. The van der Waals surface area contributed by atoms with Crippen molar-refractivity contribution in [1.82, 2.24) is 14.5 Å². The van der Waals surface area contributed by atoms with E-state index in [-0.39, 0.29) is 23.7 Å². The van der Waals surface area contributed by atoms with Gasteiger partial charge in [-0.25, -0.2) is 12.7 Å². The number of piperidine rings is 2. The predicted octanol–water partition coefficient (Wildman–Crippen LogP) is -0.357. The molecular formula is C14H25N3O4S. The van der Waals surface area contributed by atoms with E-state index in [4.69, 9.17) is 0 Å². The summed E-state index contributed by atoms with van der Waals surface area (Å²) in [4.78, 5) is 25.9. The van der Waals surface area contributed by atoms with E-state index < -0.39 is 10.0 Å². The van der Waals surface area contributed by atoms with Crippen LogP contribution in [0.4, 0.5) is 0 Å². The van der Waals surface area contributed by atoms with Gasteiger partial charge in [-0.1, -0.05) is 0 Å². The van der Waals surface area contributed by atoms with Gasteiger partial charge in [-0.3, -0.25) is 9.59 Å². The summed E-state index contributed by atoms with van der Waals surface area (Å²) in [6.45, 7) is 2.07. The maximum absolute atomic E-state index is 12.5. The third-order valence-electron chi connectivity index (χ3n) is 4.70.